The van der Waals surface area contributed by atoms with Crippen LogP contribution in [0.1, 0.15) is 5.56 Å². The van der Waals surface area contributed by atoms with E-state index >= 15 is 0 Å². The van der Waals surface area contributed by atoms with Crippen LogP contribution in [0.3, 0.4) is 0 Å². The van der Waals surface area contributed by atoms with E-state index in [-0.39, 0.29) is 4.90 Å². The van der Waals surface area contributed by atoms with Crippen LogP contribution in [-0.4, -0.2) is 14.4 Å². The van der Waals surface area contributed by atoms with Crippen molar-refractivity contribution in [2.75, 3.05) is 5.32 Å². The average molecular weight is 366 g/mol. The smallest absolute Gasteiger partial charge is 0.307 e. The topological polar surface area (TPSA) is 75.3 Å². The molecule has 6 heteroatoms. The molecule has 0 unspecified atom stereocenters. The first-order valence-electron chi connectivity index (χ1n) is 8.01. The van der Waals surface area contributed by atoms with Crippen LogP contribution >= 0.6 is 0 Å². The zero-order valence-corrected chi connectivity index (χ0v) is 15.0. The highest BCUT2D eigenvalue weighted by atomic mass is 32.2. The second-order valence-corrected chi connectivity index (χ2v) is 7.47. The molecule has 0 saturated heterocycles. The average Bonchev–Trinajstić information content (AvgIpc) is 2.63. The van der Waals surface area contributed by atoms with E-state index in [9.17, 15) is 13.2 Å². The Hall–Kier alpha value is -3.12. The molecule has 26 heavy (non-hydrogen) atoms. The van der Waals surface area contributed by atoms with Crippen molar-refractivity contribution in [3.63, 3.8) is 0 Å². The van der Waals surface area contributed by atoms with E-state index in [1.54, 1.807) is 24.3 Å². The zero-order chi connectivity index (χ0) is 18.6. The molecule has 0 heterocycles. The minimum Gasteiger partial charge on any atom is -0.307 e. The summed E-state index contributed by atoms with van der Waals surface area (Å²) in [5.74, 6) is 0. The molecule has 0 fully saturated rings. The summed E-state index contributed by atoms with van der Waals surface area (Å²) in [5.41, 5.74) is 3.18. The first kappa shape index (κ1) is 17.7. The van der Waals surface area contributed by atoms with Gasteiger partial charge in [-0.3, -0.25) is 0 Å². The molecular formula is C20H18N2O3S. The highest BCUT2D eigenvalue weighted by Crippen LogP contribution is 2.27. The predicted molar refractivity (Wildman–Crippen MR) is 102 cm³/mol. The van der Waals surface area contributed by atoms with E-state index in [4.69, 9.17) is 0 Å². The molecule has 0 aliphatic heterocycles. The van der Waals surface area contributed by atoms with Gasteiger partial charge in [0.1, 0.15) is 0 Å². The molecule has 0 atom stereocenters. The number of hydrogen-bond donors (Lipinski definition) is 2. The van der Waals surface area contributed by atoms with Crippen LogP contribution in [0.25, 0.3) is 11.1 Å². The molecular weight excluding hydrogens is 348 g/mol. The van der Waals surface area contributed by atoms with Gasteiger partial charge in [-0.15, -0.1) is 0 Å². The molecule has 2 amide bonds. The Morgan fingerprint density at radius 2 is 1.42 bits per heavy atom. The van der Waals surface area contributed by atoms with E-state index < -0.39 is 16.1 Å². The van der Waals surface area contributed by atoms with Crippen LogP contribution in [-0.2, 0) is 10.0 Å². The van der Waals surface area contributed by atoms with Crippen molar-refractivity contribution >= 4 is 21.7 Å². The number of urea groups is 1. The summed E-state index contributed by atoms with van der Waals surface area (Å²) in [6.45, 7) is 1.86. The summed E-state index contributed by atoms with van der Waals surface area (Å²) >= 11 is 0. The van der Waals surface area contributed by atoms with Crippen LogP contribution < -0.4 is 10.0 Å². The van der Waals surface area contributed by atoms with Gasteiger partial charge >= 0.3 is 6.03 Å². The van der Waals surface area contributed by atoms with Gasteiger partial charge < -0.3 is 5.32 Å². The maximum atomic E-state index is 12.3. The number of anilines is 1. The second-order valence-electron chi connectivity index (χ2n) is 5.78. The number of hydrogen-bond acceptors (Lipinski definition) is 3. The SMILES string of the molecule is Cc1ccc(S(=O)(=O)NC(=O)Nc2ccccc2-c2ccccc2)cc1. The Balaban J connectivity index is 1.80. The first-order valence-corrected chi connectivity index (χ1v) is 9.49. The summed E-state index contributed by atoms with van der Waals surface area (Å²) in [5, 5.41) is 2.62. The minimum atomic E-state index is -3.94. The van der Waals surface area contributed by atoms with Gasteiger partial charge in [-0.05, 0) is 30.7 Å². The third-order valence-corrected chi connectivity index (χ3v) is 5.17. The maximum Gasteiger partial charge on any atom is 0.333 e. The molecule has 0 aliphatic carbocycles. The molecule has 3 aromatic carbocycles. The quantitative estimate of drug-likeness (QED) is 0.727. The molecule has 0 aromatic heterocycles. The van der Waals surface area contributed by atoms with E-state index in [1.807, 2.05) is 54.1 Å². The van der Waals surface area contributed by atoms with Gasteiger partial charge in [-0.2, -0.15) is 0 Å². The van der Waals surface area contributed by atoms with Crippen LogP contribution in [0.2, 0.25) is 0 Å². The Morgan fingerprint density at radius 1 is 0.808 bits per heavy atom. The van der Waals surface area contributed by atoms with Gasteiger partial charge in [-0.1, -0.05) is 66.2 Å². The van der Waals surface area contributed by atoms with E-state index in [0.717, 1.165) is 16.7 Å². The Bertz CT molecular complexity index is 1010. The highest BCUT2D eigenvalue weighted by molar-refractivity contribution is 7.90. The van der Waals surface area contributed by atoms with Crippen LogP contribution in [0.5, 0.6) is 0 Å². The first-order chi connectivity index (χ1) is 12.5. The van der Waals surface area contributed by atoms with Crippen molar-refractivity contribution in [2.45, 2.75) is 11.8 Å². The van der Waals surface area contributed by atoms with E-state index in [2.05, 4.69) is 5.32 Å². The van der Waals surface area contributed by atoms with Gasteiger partial charge in [0.25, 0.3) is 10.0 Å². The monoisotopic (exact) mass is 366 g/mol. The Morgan fingerprint density at radius 3 is 2.12 bits per heavy atom. The summed E-state index contributed by atoms with van der Waals surface area (Å²) in [4.78, 5) is 12.3. The molecule has 0 bridgehead atoms. The number of aryl methyl sites for hydroxylation is 1. The molecule has 0 aliphatic rings. The molecule has 3 aromatic rings. The number of para-hydroxylation sites is 1. The standard InChI is InChI=1S/C20H18N2O3S/c1-15-11-13-17(14-12-15)26(24,25)22-20(23)21-19-10-6-5-9-18(19)16-7-3-2-4-8-16/h2-14H,1H3,(H2,21,22,23). The minimum absolute atomic E-state index is 0.0367. The second kappa shape index (κ2) is 7.41. The maximum absolute atomic E-state index is 12.3. The lowest BCUT2D eigenvalue weighted by Gasteiger charge is -2.12. The molecule has 3 rings (SSSR count). The fraction of sp³-hybridized carbons (Fsp3) is 0.0500. The number of carbonyl (C=O) groups is 1. The fourth-order valence-corrected chi connectivity index (χ4v) is 3.42. The third-order valence-electron chi connectivity index (χ3n) is 3.82. The summed E-state index contributed by atoms with van der Waals surface area (Å²) < 4.78 is 26.7. The van der Waals surface area contributed by atoms with E-state index in [1.165, 1.54) is 12.1 Å². The van der Waals surface area contributed by atoms with Gasteiger partial charge in [-0.25, -0.2) is 17.9 Å². The van der Waals surface area contributed by atoms with Gasteiger partial charge in [0.05, 0.1) is 10.6 Å². The van der Waals surface area contributed by atoms with Gasteiger partial charge in [0.2, 0.25) is 0 Å². The van der Waals surface area contributed by atoms with Gasteiger partial charge in [0.15, 0.2) is 0 Å². The molecule has 0 spiro atoms. The molecule has 5 nitrogen and oxygen atoms in total. The highest BCUT2D eigenvalue weighted by Gasteiger charge is 2.18. The summed E-state index contributed by atoms with van der Waals surface area (Å²) in [7, 11) is -3.94. The number of rotatable bonds is 4. The predicted octanol–water partition coefficient (Wildman–Crippen LogP) is 4.17. The lowest BCUT2D eigenvalue weighted by atomic mass is 10.0. The largest absolute Gasteiger partial charge is 0.333 e. The van der Waals surface area contributed by atoms with Crippen LogP contribution in [0.4, 0.5) is 10.5 Å². The lowest BCUT2D eigenvalue weighted by molar-refractivity contribution is 0.256. The Kier molecular flexibility index (Phi) is 5.04. The fourth-order valence-electron chi connectivity index (χ4n) is 2.51. The number of benzene rings is 3. The van der Waals surface area contributed by atoms with Crippen molar-refractivity contribution in [3.05, 3.63) is 84.4 Å². The zero-order valence-electron chi connectivity index (χ0n) is 14.1. The number of carbonyl (C=O) groups excluding carboxylic acids is 1. The third kappa shape index (κ3) is 4.10. The normalized spacial score (nSPS) is 11.0. The van der Waals surface area contributed by atoms with Crippen molar-refractivity contribution in [2.24, 2.45) is 0 Å². The van der Waals surface area contributed by atoms with Gasteiger partial charge in [0, 0.05) is 5.56 Å². The summed E-state index contributed by atoms with van der Waals surface area (Å²) in [6.07, 6.45) is 0. The lowest BCUT2D eigenvalue weighted by Crippen LogP contribution is -2.34. The van der Waals surface area contributed by atoms with Crippen molar-refractivity contribution in [1.29, 1.82) is 0 Å². The van der Waals surface area contributed by atoms with Crippen LogP contribution in [0, 0.1) is 6.92 Å². The Labute approximate surface area is 152 Å². The molecule has 0 radical (unpaired) electrons. The molecule has 0 saturated carbocycles. The summed E-state index contributed by atoms with van der Waals surface area (Å²) in [6, 6.07) is 22.2. The number of sulfonamides is 1. The van der Waals surface area contributed by atoms with Crippen molar-refractivity contribution < 1.29 is 13.2 Å². The van der Waals surface area contributed by atoms with Crippen molar-refractivity contribution in [1.82, 2.24) is 4.72 Å². The van der Waals surface area contributed by atoms with E-state index in [0.29, 0.717) is 5.69 Å². The molecule has 132 valence electrons. The number of nitrogens with one attached hydrogen (secondary N) is 2. The van der Waals surface area contributed by atoms with Crippen LogP contribution in [0.15, 0.2) is 83.8 Å². The molecule has 2 N–H and O–H groups in total. The van der Waals surface area contributed by atoms with Crippen molar-refractivity contribution in [3.8, 4) is 11.1 Å². The number of amides is 2.